The second-order valence-electron chi connectivity index (χ2n) is 5.67. The van der Waals surface area contributed by atoms with Crippen LogP contribution in [0, 0.1) is 6.92 Å². The number of aromatic nitrogens is 4. The van der Waals surface area contributed by atoms with Gasteiger partial charge in [0.25, 0.3) is 0 Å². The third-order valence-corrected chi connectivity index (χ3v) is 4.71. The average molecular weight is 353 g/mol. The molecule has 0 spiro atoms. The lowest BCUT2D eigenvalue weighted by molar-refractivity contribution is -0.120. The molecule has 1 atom stereocenters. The van der Waals surface area contributed by atoms with E-state index in [1.165, 1.54) is 17.3 Å². The molecule has 7 heteroatoms. The summed E-state index contributed by atoms with van der Waals surface area (Å²) in [5.41, 5.74) is 3.14. The molecule has 0 aliphatic carbocycles. The quantitative estimate of drug-likeness (QED) is 0.690. The zero-order chi connectivity index (χ0) is 17.6. The maximum absolute atomic E-state index is 12.3. The van der Waals surface area contributed by atoms with E-state index in [1.54, 1.807) is 4.68 Å². The number of hydrogen-bond acceptors (Lipinski definition) is 5. The van der Waals surface area contributed by atoms with Crippen LogP contribution < -0.4 is 5.32 Å². The van der Waals surface area contributed by atoms with Gasteiger partial charge in [-0.25, -0.2) is 0 Å². The Hall–Kier alpha value is -2.67. The lowest BCUT2D eigenvalue weighted by Gasteiger charge is -2.12. The van der Waals surface area contributed by atoms with E-state index < -0.39 is 0 Å². The first-order valence-electron chi connectivity index (χ1n) is 7.97. The second-order valence-corrected chi connectivity index (χ2v) is 6.98. The van der Waals surface area contributed by atoms with Crippen molar-refractivity contribution in [2.45, 2.75) is 30.8 Å². The number of nitrogens with zero attached hydrogens (tertiary/aromatic N) is 4. The second kappa shape index (κ2) is 7.94. The minimum absolute atomic E-state index is 0.0480. The number of hydrogen-bond donors (Lipinski definition) is 1. The molecule has 2 aromatic carbocycles. The molecular weight excluding hydrogens is 334 g/mol. The molecule has 3 rings (SSSR count). The van der Waals surface area contributed by atoms with Gasteiger partial charge in [-0.05, 0) is 42.0 Å². The van der Waals surface area contributed by atoms with Crippen molar-refractivity contribution in [2.24, 2.45) is 0 Å². The number of aryl methyl sites for hydroxylation is 1. The van der Waals surface area contributed by atoms with Crippen molar-refractivity contribution in [2.75, 3.05) is 0 Å². The van der Waals surface area contributed by atoms with Crippen molar-refractivity contribution in [1.82, 2.24) is 25.5 Å². The summed E-state index contributed by atoms with van der Waals surface area (Å²) in [5.74, 6) is -0.0480. The van der Waals surface area contributed by atoms with Crippen LogP contribution in [0.1, 0.15) is 18.1 Å². The summed E-state index contributed by atoms with van der Waals surface area (Å²) < 4.78 is 1.63. The van der Waals surface area contributed by atoms with Crippen LogP contribution >= 0.6 is 11.8 Å². The lowest BCUT2D eigenvalue weighted by atomic mass is 10.1. The lowest BCUT2D eigenvalue weighted by Crippen LogP contribution is -2.30. The number of carbonyl (C=O) groups is 1. The number of tetrazole rings is 1. The molecule has 1 N–H and O–H groups in total. The smallest absolute Gasteiger partial charge is 0.233 e. The number of carbonyl (C=O) groups excluding carboxylic acids is 1. The number of amides is 1. The summed E-state index contributed by atoms with van der Waals surface area (Å²) in [6.45, 7) is 4.39. The Bertz CT molecular complexity index is 832. The van der Waals surface area contributed by atoms with Crippen molar-refractivity contribution in [1.29, 1.82) is 0 Å². The van der Waals surface area contributed by atoms with Crippen LogP contribution in [0.5, 0.6) is 0 Å². The number of nitrogens with one attached hydrogen (secondary N) is 1. The molecule has 0 radical (unpaired) electrons. The standard InChI is InChI=1S/C18H19N5OS/c1-13-8-10-15(11-9-13)12-19-17(24)14(2)25-18-20-21-22-23(18)16-6-4-3-5-7-16/h3-11,14H,12H2,1-2H3,(H,19,24)/t14-/m0/s1. The largest absolute Gasteiger partial charge is 0.351 e. The Morgan fingerprint density at radius 3 is 2.60 bits per heavy atom. The zero-order valence-corrected chi connectivity index (χ0v) is 14.9. The van der Waals surface area contributed by atoms with Crippen LogP contribution in [0.15, 0.2) is 59.8 Å². The highest BCUT2D eigenvalue weighted by molar-refractivity contribution is 8.00. The van der Waals surface area contributed by atoms with Gasteiger partial charge in [-0.1, -0.05) is 59.8 Å². The number of para-hydroxylation sites is 1. The van der Waals surface area contributed by atoms with Crippen molar-refractivity contribution in [3.63, 3.8) is 0 Å². The number of benzene rings is 2. The van der Waals surface area contributed by atoms with E-state index in [-0.39, 0.29) is 11.2 Å². The van der Waals surface area contributed by atoms with Crippen LogP contribution in [0.3, 0.4) is 0 Å². The van der Waals surface area contributed by atoms with Gasteiger partial charge in [0.05, 0.1) is 10.9 Å². The molecule has 0 aliphatic rings. The topological polar surface area (TPSA) is 72.7 Å². The number of rotatable bonds is 6. The normalized spacial score (nSPS) is 11.9. The summed E-state index contributed by atoms with van der Waals surface area (Å²) >= 11 is 1.33. The molecule has 0 fully saturated rings. The highest BCUT2D eigenvalue weighted by Crippen LogP contribution is 2.22. The molecule has 128 valence electrons. The molecular formula is C18H19N5OS. The first-order valence-corrected chi connectivity index (χ1v) is 8.85. The Balaban J connectivity index is 1.60. The summed E-state index contributed by atoms with van der Waals surface area (Å²) in [6.07, 6.45) is 0. The van der Waals surface area contributed by atoms with Crippen LogP contribution in [0.2, 0.25) is 0 Å². The van der Waals surface area contributed by atoms with E-state index in [9.17, 15) is 4.79 Å². The molecule has 1 amide bonds. The van der Waals surface area contributed by atoms with Gasteiger partial charge in [-0.15, -0.1) is 5.10 Å². The third-order valence-electron chi connectivity index (χ3n) is 3.68. The third kappa shape index (κ3) is 4.45. The van der Waals surface area contributed by atoms with E-state index in [1.807, 2.05) is 68.4 Å². The van der Waals surface area contributed by atoms with Gasteiger partial charge in [-0.3, -0.25) is 4.79 Å². The summed E-state index contributed by atoms with van der Waals surface area (Å²) in [7, 11) is 0. The van der Waals surface area contributed by atoms with Gasteiger partial charge in [0.2, 0.25) is 11.1 Å². The monoisotopic (exact) mass is 353 g/mol. The fourth-order valence-corrected chi connectivity index (χ4v) is 3.07. The average Bonchev–Trinajstić information content (AvgIpc) is 3.09. The molecule has 0 saturated carbocycles. The van der Waals surface area contributed by atoms with Crippen molar-refractivity contribution in [3.05, 3.63) is 65.7 Å². The maximum atomic E-state index is 12.3. The predicted molar refractivity (Wildman–Crippen MR) is 97.5 cm³/mol. The summed E-state index contributed by atoms with van der Waals surface area (Å²) in [5, 5.41) is 15.0. The summed E-state index contributed by atoms with van der Waals surface area (Å²) in [6, 6.07) is 17.7. The molecule has 0 bridgehead atoms. The predicted octanol–water partition coefficient (Wildman–Crippen LogP) is 2.77. The molecule has 0 aliphatic heterocycles. The van der Waals surface area contributed by atoms with Gasteiger partial charge in [0.15, 0.2) is 0 Å². The van der Waals surface area contributed by atoms with Gasteiger partial charge in [0.1, 0.15) is 0 Å². The summed E-state index contributed by atoms with van der Waals surface area (Å²) in [4.78, 5) is 12.3. The van der Waals surface area contributed by atoms with Crippen LogP contribution in [-0.4, -0.2) is 31.4 Å². The first kappa shape index (κ1) is 17.2. The molecule has 6 nitrogen and oxygen atoms in total. The zero-order valence-electron chi connectivity index (χ0n) is 14.1. The highest BCUT2D eigenvalue weighted by atomic mass is 32.2. The minimum atomic E-state index is -0.307. The molecule has 3 aromatic rings. The van der Waals surface area contributed by atoms with Crippen molar-refractivity contribution < 1.29 is 4.79 Å². The maximum Gasteiger partial charge on any atom is 0.233 e. The Morgan fingerprint density at radius 2 is 1.88 bits per heavy atom. The molecule has 1 heterocycles. The number of thioether (sulfide) groups is 1. The van der Waals surface area contributed by atoms with Gasteiger partial charge >= 0.3 is 0 Å². The fourth-order valence-electron chi connectivity index (χ4n) is 2.23. The minimum Gasteiger partial charge on any atom is -0.351 e. The molecule has 25 heavy (non-hydrogen) atoms. The van der Waals surface area contributed by atoms with E-state index in [4.69, 9.17) is 0 Å². The molecule has 1 aromatic heterocycles. The van der Waals surface area contributed by atoms with Crippen molar-refractivity contribution >= 4 is 17.7 Å². The molecule has 0 unspecified atom stereocenters. The van der Waals surface area contributed by atoms with E-state index >= 15 is 0 Å². The van der Waals surface area contributed by atoms with Crippen LogP contribution in [-0.2, 0) is 11.3 Å². The Kier molecular flexibility index (Phi) is 5.45. The first-order chi connectivity index (χ1) is 12.1. The molecule has 0 saturated heterocycles. The van der Waals surface area contributed by atoms with E-state index in [0.717, 1.165) is 11.3 Å². The Morgan fingerprint density at radius 1 is 1.16 bits per heavy atom. The van der Waals surface area contributed by atoms with Gasteiger partial charge in [0, 0.05) is 6.54 Å². The highest BCUT2D eigenvalue weighted by Gasteiger charge is 2.18. The van der Waals surface area contributed by atoms with E-state index in [0.29, 0.717) is 11.7 Å². The van der Waals surface area contributed by atoms with Gasteiger partial charge < -0.3 is 5.32 Å². The van der Waals surface area contributed by atoms with E-state index in [2.05, 4.69) is 20.8 Å². The van der Waals surface area contributed by atoms with Crippen LogP contribution in [0.4, 0.5) is 0 Å². The van der Waals surface area contributed by atoms with Crippen molar-refractivity contribution in [3.8, 4) is 5.69 Å². The SMILES string of the molecule is Cc1ccc(CNC(=O)[C@H](C)Sc2nnnn2-c2ccccc2)cc1. The Labute approximate surface area is 150 Å². The fraction of sp³-hybridized carbons (Fsp3) is 0.222. The van der Waals surface area contributed by atoms with Crippen LogP contribution in [0.25, 0.3) is 5.69 Å². The van der Waals surface area contributed by atoms with Gasteiger partial charge in [-0.2, -0.15) is 4.68 Å².